The molecule has 0 fully saturated rings. The van der Waals surface area contributed by atoms with E-state index in [1.807, 2.05) is 19.9 Å². The fourth-order valence-corrected chi connectivity index (χ4v) is 2.27. The van der Waals surface area contributed by atoms with Crippen molar-refractivity contribution in [3.8, 4) is 0 Å². The van der Waals surface area contributed by atoms with Gasteiger partial charge in [0.25, 0.3) is 5.91 Å². The maximum atomic E-state index is 12.0. The number of hydrogen-bond donors (Lipinski definition) is 0. The Hall–Kier alpha value is -1.58. The van der Waals surface area contributed by atoms with Crippen molar-refractivity contribution in [1.82, 2.24) is 9.78 Å². The Morgan fingerprint density at radius 1 is 1.26 bits per heavy atom. The highest BCUT2D eigenvalue weighted by Crippen LogP contribution is 2.25. The molecule has 0 aliphatic carbocycles. The second-order valence-corrected chi connectivity index (χ2v) is 4.96. The smallest absolute Gasteiger partial charge is 0.267 e. The normalized spacial score (nSPS) is 11.2. The summed E-state index contributed by atoms with van der Waals surface area (Å²) in [5.74, 6) is -0.235. The quantitative estimate of drug-likeness (QED) is 0.780. The topological polar surface area (TPSA) is 34.9 Å². The Labute approximate surface area is 121 Å². The van der Waals surface area contributed by atoms with E-state index in [1.54, 1.807) is 24.3 Å². The van der Waals surface area contributed by atoms with Gasteiger partial charge in [0.05, 0.1) is 5.69 Å². The van der Waals surface area contributed by atoms with Gasteiger partial charge < -0.3 is 0 Å². The van der Waals surface area contributed by atoms with Crippen LogP contribution in [0.1, 0.15) is 21.7 Å². The first-order valence-corrected chi connectivity index (χ1v) is 6.44. The largest absolute Gasteiger partial charge is 0.271 e. The number of nitrogens with zero attached hydrogens (tertiary/aromatic N) is 2. The van der Waals surface area contributed by atoms with Crippen LogP contribution in [-0.2, 0) is 0 Å². The number of rotatable bonds is 2. The molecule has 1 heterocycles. The van der Waals surface area contributed by atoms with Crippen LogP contribution < -0.4 is 0 Å². The van der Waals surface area contributed by atoms with E-state index >= 15 is 0 Å². The molecular weight excluding hydrogens is 283 g/mol. The number of allylic oxidation sites excluding steroid dienone is 1. The van der Waals surface area contributed by atoms with E-state index in [2.05, 4.69) is 5.10 Å². The predicted molar refractivity (Wildman–Crippen MR) is 77.8 cm³/mol. The van der Waals surface area contributed by atoms with Crippen LogP contribution in [0.4, 0.5) is 0 Å². The number of benzene rings is 1. The molecule has 5 heteroatoms. The van der Waals surface area contributed by atoms with Gasteiger partial charge in [-0.25, -0.2) is 4.68 Å². The number of carbonyl (C=O) groups excluding carboxylic acids is 1. The van der Waals surface area contributed by atoms with Crippen molar-refractivity contribution in [2.45, 2.75) is 13.8 Å². The van der Waals surface area contributed by atoms with Crippen LogP contribution in [0, 0.1) is 13.8 Å². The van der Waals surface area contributed by atoms with E-state index in [-0.39, 0.29) is 5.91 Å². The molecule has 0 unspecified atom stereocenters. The molecule has 0 aliphatic rings. The van der Waals surface area contributed by atoms with Crippen LogP contribution in [0.2, 0.25) is 10.0 Å². The second kappa shape index (κ2) is 5.59. The van der Waals surface area contributed by atoms with Crippen LogP contribution in [0.3, 0.4) is 0 Å². The van der Waals surface area contributed by atoms with Crippen molar-refractivity contribution in [2.75, 3.05) is 0 Å². The van der Waals surface area contributed by atoms with Crippen molar-refractivity contribution in [2.24, 2.45) is 0 Å². The molecular formula is C14H12Cl2N2O. The van der Waals surface area contributed by atoms with Crippen LogP contribution in [0.5, 0.6) is 0 Å². The minimum absolute atomic E-state index is 0.235. The lowest BCUT2D eigenvalue weighted by atomic mass is 10.2. The summed E-state index contributed by atoms with van der Waals surface area (Å²) in [7, 11) is 0. The Balaban J connectivity index is 2.28. The first kappa shape index (κ1) is 13.8. The first-order valence-electron chi connectivity index (χ1n) is 5.68. The van der Waals surface area contributed by atoms with E-state index in [1.165, 1.54) is 10.8 Å². The van der Waals surface area contributed by atoms with Crippen LogP contribution in [0.25, 0.3) is 6.08 Å². The molecule has 0 spiro atoms. The molecule has 3 nitrogen and oxygen atoms in total. The number of carbonyl (C=O) groups is 1. The first-order chi connectivity index (χ1) is 8.99. The number of hydrogen-bond acceptors (Lipinski definition) is 2. The van der Waals surface area contributed by atoms with E-state index in [4.69, 9.17) is 23.2 Å². The Kier molecular flexibility index (Phi) is 4.08. The van der Waals surface area contributed by atoms with E-state index in [0.717, 1.165) is 11.4 Å². The van der Waals surface area contributed by atoms with Gasteiger partial charge in [-0.2, -0.15) is 5.10 Å². The number of aromatic nitrogens is 2. The second-order valence-electron chi connectivity index (χ2n) is 4.15. The van der Waals surface area contributed by atoms with Crippen LogP contribution in [-0.4, -0.2) is 15.7 Å². The molecule has 0 radical (unpaired) electrons. The van der Waals surface area contributed by atoms with Crippen molar-refractivity contribution in [1.29, 1.82) is 0 Å². The Morgan fingerprint density at radius 2 is 1.89 bits per heavy atom. The molecule has 1 aromatic heterocycles. The Bertz CT molecular complexity index is 639. The molecule has 1 aromatic carbocycles. The molecule has 0 bridgehead atoms. The molecule has 0 amide bonds. The molecule has 0 saturated heterocycles. The summed E-state index contributed by atoms with van der Waals surface area (Å²) in [4.78, 5) is 12.0. The summed E-state index contributed by atoms with van der Waals surface area (Å²) in [5, 5.41) is 5.13. The van der Waals surface area contributed by atoms with E-state index in [0.29, 0.717) is 15.6 Å². The van der Waals surface area contributed by atoms with Crippen LogP contribution >= 0.6 is 23.2 Å². The fourth-order valence-electron chi connectivity index (χ4n) is 1.75. The summed E-state index contributed by atoms with van der Waals surface area (Å²) >= 11 is 12.0. The average molecular weight is 295 g/mol. The third-order valence-corrected chi connectivity index (χ3v) is 3.27. The fraction of sp³-hybridized carbons (Fsp3) is 0.143. The van der Waals surface area contributed by atoms with Crippen LogP contribution in [0.15, 0.2) is 30.3 Å². The summed E-state index contributed by atoms with van der Waals surface area (Å²) in [6.07, 6.45) is 3.01. The van der Waals surface area contributed by atoms with Gasteiger partial charge in [0, 0.05) is 27.4 Å². The summed E-state index contributed by atoms with van der Waals surface area (Å²) in [5.41, 5.74) is 2.22. The Morgan fingerprint density at radius 3 is 2.42 bits per heavy atom. The van der Waals surface area contributed by atoms with Gasteiger partial charge in [-0.05, 0) is 38.1 Å². The standard InChI is InChI=1S/C14H12Cl2N2O/c1-9-8-10(2)18(17-9)14(19)7-6-11-12(15)4-3-5-13(11)16/h3-8H,1-2H3. The summed E-state index contributed by atoms with van der Waals surface area (Å²) in [6.45, 7) is 3.67. The molecule has 2 rings (SSSR count). The highest BCUT2D eigenvalue weighted by atomic mass is 35.5. The zero-order valence-electron chi connectivity index (χ0n) is 10.5. The predicted octanol–water partition coefficient (Wildman–Crippen LogP) is 4.16. The van der Waals surface area contributed by atoms with Gasteiger partial charge in [0.2, 0.25) is 0 Å². The lowest BCUT2D eigenvalue weighted by Gasteiger charge is -2.01. The van der Waals surface area contributed by atoms with E-state index < -0.39 is 0 Å². The van der Waals surface area contributed by atoms with Gasteiger partial charge in [0.1, 0.15) is 0 Å². The highest BCUT2D eigenvalue weighted by molar-refractivity contribution is 6.37. The summed E-state index contributed by atoms with van der Waals surface area (Å²) < 4.78 is 1.34. The SMILES string of the molecule is Cc1cc(C)n(C(=O)C=Cc2c(Cl)cccc2Cl)n1. The van der Waals surface area contributed by atoms with Gasteiger partial charge in [-0.1, -0.05) is 29.3 Å². The molecule has 0 atom stereocenters. The molecule has 2 aromatic rings. The monoisotopic (exact) mass is 294 g/mol. The molecule has 0 saturated carbocycles. The van der Waals surface area contributed by atoms with Crippen molar-refractivity contribution >= 4 is 35.2 Å². The summed E-state index contributed by atoms with van der Waals surface area (Å²) in [6, 6.07) is 7.04. The van der Waals surface area contributed by atoms with Crippen molar-refractivity contribution < 1.29 is 4.79 Å². The molecule has 0 N–H and O–H groups in total. The minimum atomic E-state index is -0.235. The third kappa shape index (κ3) is 3.06. The minimum Gasteiger partial charge on any atom is -0.267 e. The number of aryl methyl sites for hydroxylation is 2. The van der Waals surface area contributed by atoms with Gasteiger partial charge >= 0.3 is 0 Å². The third-order valence-electron chi connectivity index (χ3n) is 2.61. The zero-order chi connectivity index (χ0) is 14.0. The van der Waals surface area contributed by atoms with Crippen molar-refractivity contribution in [3.05, 3.63) is 57.3 Å². The van der Waals surface area contributed by atoms with E-state index in [9.17, 15) is 4.79 Å². The number of halogens is 2. The highest BCUT2D eigenvalue weighted by Gasteiger charge is 2.07. The molecule has 0 aliphatic heterocycles. The van der Waals surface area contributed by atoms with Gasteiger partial charge in [0.15, 0.2) is 0 Å². The van der Waals surface area contributed by atoms with Crippen molar-refractivity contribution in [3.63, 3.8) is 0 Å². The zero-order valence-corrected chi connectivity index (χ0v) is 12.0. The van der Waals surface area contributed by atoms with Gasteiger partial charge in [-0.3, -0.25) is 4.79 Å². The lowest BCUT2D eigenvalue weighted by Crippen LogP contribution is -2.10. The maximum Gasteiger partial charge on any atom is 0.271 e. The lowest BCUT2D eigenvalue weighted by molar-refractivity contribution is 0.0952. The average Bonchev–Trinajstić information content (AvgIpc) is 2.67. The van der Waals surface area contributed by atoms with Gasteiger partial charge in [-0.15, -0.1) is 0 Å². The molecule has 19 heavy (non-hydrogen) atoms. The molecule has 98 valence electrons. The maximum absolute atomic E-state index is 12.0.